The summed E-state index contributed by atoms with van der Waals surface area (Å²) in [5.41, 5.74) is 1.22. The van der Waals surface area contributed by atoms with Crippen molar-refractivity contribution < 1.29 is 4.79 Å². The van der Waals surface area contributed by atoms with Crippen molar-refractivity contribution in [3.05, 3.63) is 57.2 Å². The van der Waals surface area contributed by atoms with Gasteiger partial charge in [0, 0.05) is 6.54 Å². The molecule has 2 rings (SSSR count). The highest BCUT2D eigenvalue weighted by Gasteiger charge is 2.10. The molecule has 0 aliphatic heterocycles. The topological polar surface area (TPSA) is 29.1 Å². The maximum Gasteiger partial charge on any atom is 0.261 e. The molecule has 0 saturated heterocycles. The van der Waals surface area contributed by atoms with E-state index in [0.717, 1.165) is 0 Å². The Labute approximate surface area is 116 Å². The van der Waals surface area contributed by atoms with Crippen LogP contribution in [0.1, 0.15) is 28.1 Å². The lowest BCUT2D eigenvalue weighted by atomic mass is 10.0. The van der Waals surface area contributed by atoms with Crippen LogP contribution in [-0.4, -0.2) is 12.5 Å². The van der Waals surface area contributed by atoms with Gasteiger partial charge >= 0.3 is 0 Å². The number of carbonyl (C=O) groups excluding carboxylic acids is 1. The maximum absolute atomic E-state index is 11.8. The third-order valence-corrected chi connectivity index (χ3v) is 3.96. The number of hydrogen-bond acceptors (Lipinski definition) is 2. The number of hydrogen-bond donors (Lipinski definition) is 1. The van der Waals surface area contributed by atoms with E-state index in [2.05, 4.69) is 24.4 Å². The van der Waals surface area contributed by atoms with E-state index < -0.39 is 0 Å². The molecule has 1 amide bonds. The zero-order valence-corrected chi connectivity index (χ0v) is 11.6. The van der Waals surface area contributed by atoms with Crippen LogP contribution in [0.25, 0.3) is 0 Å². The smallest absolute Gasteiger partial charge is 0.261 e. The van der Waals surface area contributed by atoms with Crippen molar-refractivity contribution in [3.63, 3.8) is 0 Å². The molecule has 0 fully saturated rings. The van der Waals surface area contributed by atoms with Gasteiger partial charge in [0.25, 0.3) is 5.91 Å². The van der Waals surface area contributed by atoms with Gasteiger partial charge in [-0.25, -0.2) is 0 Å². The van der Waals surface area contributed by atoms with E-state index in [9.17, 15) is 4.79 Å². The highest BCUT2D eigenvalue weighted by Crippen LogP contribution is 2.21. The molecule has 0 radical (unpaired) electrons. The van der Waals surface area contributed by atoms with Crippen LogP contribution in [-0.2, 0) is 0 Å². The second kappa shape index (κ2) is 6.03. The first kappa shape index (κ1) is 13.1. The highest BCUT2D eigenvalue weighted by molar-refractivity contribution is 7.17. The normalized spacial score (nSPS) is 12.1. The second-order valence-electron chi connectivity index (χ2n) is 4.13. The molecule has 1 aromatic carbocycles. The van der Waals surface area contributed by atoms with E-state index in [1.807, 2.05) is 18.2 Å². The van der Waals surface area contributed by atoms with E-state index in [0.29, 0.717) is 21.7 Å². The SMILES string of the molecule is C[C@H](CNC(=O)c1ccc(Cl)s1)c1ccccc1. The summed E-state index contributed by atoms with van der Waals surface area (Å²) >= 11 is 7.10. The Bertz CT molecular complexity index is 524. The predicted molar refractivity (Wildman–Crippen MR) is 76.5 cm³/mol. The van der Waals surface area contributed by atoms with Crippen molar-refractivity contribution in [1.29, 1.82) is 0 Å². The zero-order chi connectivity index (χ0) is 13.0. The molecular weight excluding hydrogens is 266 g/mol. The third kappa shape index (κ3) is 3.34. The molecule has 0 aliphatic rings. The second-order valence-corrected chi connectivity index (χ2v) is 5.84. The van der Waals surface area contributed by atoms with Crippen molar-refractivity contribution in [2.24, 2.45) is 0 Å². The molecule has 0 bridgehead atoms. The minimum absolute atomic E-state index is 0.0605. The Morgan fingerprint density at radius 1 is 1.28 bits per heavy atom. The van der Waals surface area contributed by atoms with Crippen LogP contribution in [0, 0.1) is 0 Å². The molecule has 0 aliphatic carbocycles. The fourth-order valence-electron chi connectivity index (χ4n) is 1.67. The van der Waals surface area contributed by atoms with E-state index >= 15 is 0 Å². The fourth-order valence-corrected chi connectivity index (χ4v) is 2.63. The first-order valence-electron chi connectivity index (χ1n) is 5.75. The van der Waals surface area contributed by atoms with Crippen LogP contribution in [0.2, 0.25) is 4.34 Å². The van der Waals surface area contributed by atoms with E-state index in [-0.39, 0.29) is 5.91 Å². The number of carbonyl (C=O) groups is 1. The van der Waals surface area contributed by atoms with Gasteiger partial charge in [-0.1, -0.05) is 48.9 Å². The van der Waals surface area contributed by atoms with Gasteiger partial charge in [-0.15, -0.1) is 11.3 Å². The molecule has 2 aromatic rings. The van der Waals surface area contributed by atoms with E-state index in [1.54, 1.807) is 12.1 Å². The van der Waals surface area contributed by atoms with E-state index in [4.69, 9.17) is 11.6 Å². The summed E-state index contributed by atoms with van der Waals surface area (Å²) in [6.45, 7) is 2.72. The van der Waals surface area contributed by atoms with Crippen molar-refractivity contribution in [1.82, 2.24) is 5.32 Å². The third-order valence-electron chi connectivity index (χ3n) is 2.73. The number of thiophene rings is 1. The lowest BCUT2D eigenvalue weighted by Gasteiger charge is -2.12. The summed E-state index contributed by atoms with van der Waals surface area (Å²) in [5.74, 6) is 0.236. The van der Waals surface area contributed by atoms with Crippen LogP contribution in [0.5, 0.6) is 0 Å². The average Bonchev–Trinajstić information content (AvgIpc) is 2.83. The maximum atomic E-state index is 11.8. The first-order chi connectivity index (χ1) is 8.66. The largest absolute Gasteiger partial charge is 0.351 e. The van der Waals surface area contributed by atoms with Crippen molar-refractivity contribution in [2.75, 3.05) is 6.54 Å². The van der Waals surface area contributed by atoms with Gasteiger partial charge in [-0.3, -0.25) is 4.79 Å². The average molecular weight is 280 g/mol. The van der Waals surface area contributed by atoms with Crippen LogP contribution >= 0.6 is 22.9 Å². The molecule has 0 saturated carbocycles. The summed E-state index contributed by atoms with van der Waals surface area (Å²) in [5, 5.41) is 2.92. The molecule has 4 heteroatoms. The Balaban J connectivity index is 1.90. The van der Waals surface area contributed by atoms with Gasteiger partial charge in [0.2, 0.25) is 0 Å². The molecule has 0 spiro atoms. The zero-order valence-electron chi connectivity index (χ0n) is 10.0. The summed E-state index contributed by atoms with van der Waals surface area (Å²) in [6.07, 6.45) is 0. The van der Waals surface area contributed by atoms with Gasteiger partial charge in [-0.2, -0.15) is 0 Å². The molecule has 94 valence electrons. The van der Waals surface area contributed by atoms with Gasteiger partial charge in [-0.05, 0) is 23.6 Å². The Morgan fingerprint density at radius 2 is 2.00 bits per heavy atom. The summed E-state index contributed by atoms with van der Waals surface area (Å²) < 4.78 is 0.635. The molecule has 1 heterocycles. The quantitative estimate of drug-likeness (QED) is 0.902. The van der Waals surface area contributed by atoms with Crippen LogP contribution < -0.4 is 5.32 Å². The van der Waals surface area contributed by atoms with Gasteiger partial charge in [0.15, 0.2) is 0 Å². The fraction of sp³-hybridized carbons (Fsp3) is 0.214. The van der Waals surface area contributed by atoms with Gasteiger partial charge in [0.1, 0.15) is 0 Å². The lowest BCUT2D eigenvalue weighted by molar-refractivity contribution is 0.0955. The lowest BCUT2D eigenvalue weighted by Crippen LogP contribution is -2.26. The minimum Gasteiger partial charge on any atom is -0.351 e. The van der Waals surface area contributed by atoms with Gasteiger partial charge < -0.3 is 5.32 Å². The molecule has 2 nitrogen and oxygen atoms in total. The monoisotopic (exact) mass is 279 g/mol. The summed E-state index contributed by atoms with van der Waals surface area (Å²) in [7, 11) is 0. The molecule has 18 heavy (non-hydrogen) atoms. The van der Waals surface area contributed by atoms with Crippen molar-refractivity contribution >= 4 is 28.8 Å². The van der Waals surface area contributed by atoms with Crippen LogP contribution in [0.3, 0.4) is 0 Å². The Kier molecular flexibility index (Phi) is 4.39. The molecule has 1 atom stereocenters. The molecular formula is C14H14ClNOS. The van der Waals surface area contributed by atoms with Crippen LogP contribution in [0.4, 0.5) is 0 Å². The van der Waals surface area contributed by atoms with Gasteiger partial charge in [0.05, 0.1) is 9.21 Å². The first-order valence-corrected chi connectivity index (χ1v) is 6.95. The number of benzene rings is 1. The number of nitrogens with one attached hydrogen (secondary N) is 1. The number of amides is 1. The molecule has 1 aromatic heterocycles. The van der Waals surface area contributed by atoms with Crippen molar-refractivity contribution in [3.8, 4) is 0 Å². The molecule has 0 unspecified atom stereocenters. The predicted octanol–water partition coefficient (Wildman–Crippen LogP) is 3.94. The summed E-state index contributed by atoms with van der Waals surface area (Å²) in [4.78, 5) is 12.5. The number of halogens is 1. The summed E-state index contributed by atoms with van der Waals surface area (Å²) in [6, 6.07) is 13.6. The molecule has 1 N–H and O–H groups in total. The van der Waals surface area contributed by atoms with Crippen LogP contribution in [0.15, 0.2) is 42.5 Å². The minimum atomic E-state index is -0.0605. The van der Waals surface area contributed by atoms with Crippen molar-refractivity contribution in [2.45, 2.75) is 12.8 Å². The Morgan fingerprint density at radius 3 is 2.61 bits per heavy atom. The highest BCUT2D eigenvalue weighted by atomic mass is 35.5. The standard InChI is InChI=1S/C14H14ClNOS/c1-10(11-5-3-2-4-6-11)9-16-14(17)12-7-8-13(15)18-12/h2-8,10H,9H2,1H3,(H,16,17)/t10-/m1/s1. The number of rotatable bonds is 4. The van der Waals surface area contributed by atoms with E-state index in [1.165, 1.54) is 16.9 Å². The Hall–Kier alpha value is -1.32.